The van der Waals surface area contributed by atoms with Crippen LogP contribution in [-0.2, 0) is 12.4 Å². The summed E-state index contributed by atoms with van der Waals surface area (Å²) in [4.78, 5) is 0. The summed E-state index contributed by atoms with van der Waals surface area (Å²) in [6.07, 6.45) is -9.64. The molecular formula is C34H10F6N6. The number of hydrogen-bond acceptors (Lipinski definition) is 6. The summed E-state index contributed by atoms with van der Waals surface area (Å²) in [5.74, 6) is 0. The maximum absolute atomic E-state index is 13.5. The van der Waals surface area contributed by atoms with Crippen molar-refractivity contribution < 1.29 is 26.3 Å². The van der Waals surface area contributed by atoms with Gasteiger partial charge in [0.1, 0.15) is 17.7 Å². The van der Waals surface area contributed by atoms with Gasteiger partial charge in [-0.2, -0.15) is 57.9 Å². The lowest BCUT2D eigenvalue weighted by Crippen LogP contribution is -2.07. The Morgan fingerprint density at radius 3 is 1.11 bits per heavy atom. The van der Waals surface area contributed by atoms with Crippen molar-refractivity contribution in [3.63, 3.8) is 0 Å². The molecule has 1 aliphatic rings. The van der Waals surface area contributed by atoms with Crippen molar-refractivity contribution in [1.29, 1.82) is 31.6 Å². The number of allylic oxidation sites excluding steroid dienone is 1. The van der Waals surface area contributed by atoms with E-state index in [2.05, 4.69) is 0 Å². The van der Waals surface area contributed by atoms with Crippen molar-refractivity contribution in [2.45, 2.75) is 12.4 Å². The minimum Gasteiger partial charge on any atom is -0.192 e. The van der Waals surface area contributed by atoms with Gasteiger partial charge in [-0.3, -0.25) is 0 Å². The van der Waals surface area contributed by atoms with Crippen molar-refractivity contribution in [1.82, 2.24) is 0 Å². The normalized spacial score (nSPS) is 11.5. The molecule has 0 bridgehead atoms. The number of halogens is 6. The average Bonchev–Trinajstić information content (AvgIpc) is 3.34. The highest BCUT2D eigenvalue weighted by Crippen LogP contribution is 2.50. The number of nitrogens with zero attached hydrogens (tertiary/aromatic N) is 6. The monoisotopic (exact) mass is 616 g/mol. The fourth-order valence-corrected chi connectivity index (χ4v) is 5.38. The van der Waals surface area contributed by atoms with Gasteiger partial charge in [0.25, 0.3) is 0 Å². The van der Waals surface area contributed by atoms with Crippen LogP contribution in [-0.4, -0.2) is 0 Å². The topological polar surface area (TPSA) is 143 Å². The molecule has 0 radical (unpaired) electrons. The molecular weight excluding hydrogens is 606 g/mol. The lowest BCUT2D eigenvalue weighted by molar-refractivity contribution is -0.138. The molecule has 5 rings (SSSR count). The van der Waals surface area contributed by atoms with Crippen LogP contribution >= 0.6 is 0 Å². The Labute approximate surface area is 256 Å². The van der Waals surface area contributed by atoms with Crippen molar-refractivity contribution in [3.05, 3.63) is 111 Å². The van der Waals surface area contributed by atoms with Gasteiger partial charge in [-0.1, -0.05) is 12.1 Å². The van der Waals surface area contributed by atoms with Crippen LogP contribution < -0.4 is 0 Å². The summed E-state index contributed by atoms with van der Waals surface area (Å²) in [7, 11) is 0. The molecule has 4 aromatic carbocycles. The summed E-state index contributed by atoms with van der Waals surface area (Å²) < 4.78 is 80.7. The van der Waals surface area contributed by atoms with Crippen LogP contribution in [0.3, 0.4) is 0 Å². The molecule has 0 aromatic heterocycles. The molecule has 0 fully saturated rings. The first-order valence-corrected chi connectivity index (χ1v) is 12.8. The predicted octanol–water partition coefficient (Wildman–Crippen LogP) is 8.37. The molecule has 12 heteroatoms. The van der Waals surface area contributed by atoms with Gasteiger partial charge in [0.2, 0.25) is 0 Å². The first kappa shape index (κ1) is 30.6. The molecule has 46 heavy (non-hydrogen) atoms. The van der Waals surface area contributed by atoms with E-state index in [1.54, 1.807) is 12.1 Å². The number of hydrogen-bond donors (Lipinski definition) is 0. The molecule has 1 aliphatic carbocycles. The van der Waals surface area contributed by atoms with Crippen molar-refractivity contribution in [2.24, 2.45) is 0 Å². The van der Waals surface area contributed by atoms with Gasteiger partial charge in [-0.15, -0.1) is 0 Å². The van der Waals surface area contributed by atoms with Crippen LogP contribution in [0.15, 0.2) is 66.2 Å². The second kappa shape index (κ2) is 11.0. The van der Waals surface area contributed by atoms with E-state index in [0.717, 1.165) is 24.3 Å². The lowest BCUT2D eigenvalue weighted by atomic mass is 9.90. The second-order valence-corrected chi connectivity index (χ2v) is 9.82. The van der Waals surface area contributed by atoms with Crippen molar-refractivity contribution >= 4 is 5.57 Å². The zero-order valence-electron chi connectivity index (χ0n) is 22.7. The van der Waals surface area contributed by atoms with E-state index in [4.69, 9.17) is 0 Å². The summed E-state index contributed by atoms with van der Waals surface area (Å²) in [5, 5.41) is 58.3. The van der Waals surface area contributed by atoms with Crippen molar-refractivity contribution in [3.8, 4) is 69.8 Å². The van der Waals surface area contributed by atoms with Crippen LogP contribution in [0.25, 0.3) is 39.0 Å². The summed E-state index contributed by atoms with van der Waals surface area (Å²) in [6.45, 7) is 0. The Bertz CT molecular complexity index is 2140. The van der Waals surface area contributed by atoms with Gasteiger partial charge in [-0.05, 0) is 81.9 Å². The van der Waals surface area contributed by atoms with Crippen LogP contribution in [0.4, 0.5) is 26.3 Å². The molecule has 0 saturated heterocycles. The molecule has 6 nitrogen and oxygen atoms in total. The Hall–Kier alpha value is -6.86. The Kier molecular flexibility index (Phi) is 7.32. The minimum absolute atomic E-state index is 0.0648. The Morgan fingerprint density at radius 1 is 0.435 bits per heavy atom. The maximum Gasteiger partial charge on any atom is 0.417 e. The number of fused-ring (bicyclic) bond motifs is 3. The zero-order valence-corrected chi connectivity index (χ0v) is 22.7. The number of nitriles is 6. The van der Waals surface area contributed by atoms with Gasteiger partial charge in [0.05, 0.1) is 57.7 Å². The maximum atomic E-state index is 13.5. The van der Waals surface area contributed by atoms with Gasteiger partial charge in [-0.25, -0.2) is 0 Å². The molecule has 0 spiro atoms. The second-order valence-electron chi connectivity index (χ2n) is 9.82. The number of benzene rings is 4. The molecule has 0 aliphatic heterocycles. The number of rotatable bonds is 2. The third-order valence-electron chi connectivity index (χ3n) is 7.37. The molecule has 0 amide bonds. The van der Waals surface area contributed by atoms with Gasteiger partial charge < -0.3 is 0 Å². The highest BCUT2D eigenvalue weighted by molar-refractivity contribution is 6.07. The highest BCUT2D eigenvalue weighted by atomic mass is 19.4. The van der Waals surface area contributed by atoms with Crippen LogP contribution in [0.2, 0.25) is 0 Å². The van der Waals surface area contributed by atoms with E-state index >= 15 is 0 Å². The zero-order chi connectivity index (χ0) is 33.6. The van der Waals surface area contributed by atoms with Gasteiger partial charge >= 0.3 is 12.4 Å². The molecule has 0 heterocycles. The van der Waals surface area contributed by atoms with Gasteiger partial charge in [0.15, 0.2) is 0 Å². The molecule has 218 valence electrons. The quantitative estimate of drug-likeness (QED) is 0.144. The predicted molar refractivity (Wildman–Crippen MR) is 149 cm³/mol. The molecule has 0 unspecified atom stereocenters. The largest absolute Gasteiger partial charge is 0.417 e. The Balaban J connectivity index is 1.84. The van der Waals surface area contributed by atoms with E-state index in [0.29, 0.717) is 23.3 Å². The highest BCUT2D eigenvalue weighted by Gasteiger charge is 2.36. The molecule has 0 saturated carbocycles. The van der Waals surface area contributed by atoms with Crippen LogP contribution in [0.5, 0.6) is 0 Å². The standard InChI is InChI=1S/C34H10F6N6/c35-33(36,37)30-3-1-17(5-21(30)13-43)24-9-26-27-10-25(18-2-4-31(34(38,39)40)22(6-18)14-44)20(12-42)8-29(27)32(23(15-45)16-46)28(26)7-19(24)11-41/h1-10H. The van der Waals surface area contributed by atoms with Crippen molar-refractivity contribution in [2.75, 3.05) is 0 Å². The fraction of sp³-hybridized carbons (Fsp3) is 0.0588. The lowest BCUT2D eigenvalue weighted by Gasteiger charge is -2.14. The van der Waals surface area contributed by atoms with E-state index in [9.17, 15) is 57.9 Å². The van der Waals surface area contributed by atoms with E-state index in [-0.39, 0.29) is 55.7 Å². The van der Waals surface area contributed by atoms with E-state index < -0.39 is 34.6 Å². The minimum atomic E-state index is -4.82. The van der Waals surface area contributed by atoms with E-state index in [1.807, 2.05) is 12.1 Å². The molecule has 4 aromatic rings. The van der Waals surface area contributed by atoms with Crippen LogP contribution in [0, 0.1) is 68.0 Å². The van der Waals surface area contributed by atoms with E-state index in [1.165, 1.54) is 36.4 Å². The first-order chi connectivity index (χ1) is 21.8. The third kappa shape index (κ3) is 4.94. The summed E-state index contributed by atoms with van der Waals surface area (Å²) >= 11 is 0. The summed E-state index contributed by atoms with van der Waals surface area (Å²) in [6, 6.07) is 21.5. The fourth-order valence-electron chi connectivity index (χ4n) is 5.38. The van der Waals surface area contributed by atoms with Gasteiger partial charge in [0, 0.05) is 16.7 Å². The SMILES string of the molecule is N#CC(C#N)=C1c2cc(C#N)c(-c3ccc(C(F)(F)F)c(C#N)c3)cc2-c2cc(-c3ccc(C(F)(F)F)c(C#N)c3)c(C#N)cc21. The summed E-state index contributed by atoms with van der Waals surface area (Å²) in [5.41, 5.74) is -2.78. The smallest absolute Gasteiger partial charge is 0.192 e. The Morgan fingerprint density at radius 2 is 0.804 bits per heavy atom. The molecule has 0 atom stereocenters. The third-order valence-corrected chi connectivity index (χ3v) is 7.37. The molecule has 0 N–H and O–H groups in total. The first-order valence-electron chi connectivity index (χ1n) is 12.8. The van der Waals surface area contributed by atoms with Crippen LogP contribution in [0.1, 0.15) is 44.5 Å². The number of alkyl halides is 6. The average molecular weight is 616 g/mol.